The Morgan fingerprint density at radius 1 is 0.804 bits per heavy atom. The Kier molecular flexibility index (Phi) is 12.2. The Hall–Kier alpha value is -3.95. The number of anilines is 1. The lowest BCUT2D eigenvalue weighted by atomic mass is 10.0. The van der Waals surface area contributed by atoms with Gasteiger partial charge in [0.2, 0.25) is 11.8 Å². The number of sulfonamides is 1. The monoisotopic (exact) mass is 703 g/mol. The van der Waals surface area contributed by atoms with Crippen molar-refractivity contribution >= 4 is 43.5 Å². The second kappa shape index (κ2) is 16.1. The van der Waals surface area contributed by atoms with Gasteiger partial charge in [0, 0.05) is 23.5 Å². The van der Waals surface area contributed by atoms with Crippen LogP contribution in [0.25, 0.3) is 0 Å². The Morgan fingerprint density at radius 3 is 2.00 bits per heavy atom. The number of benzene rings is 4. The lowest BCUT2D eigenvalue weighted by molar-refractivity contribution is -0.140. The van der Waals surface area contributed by atoms with Crippen LogP contribution in [0.3, 0.4) is 0 Å². The van der Waals surface area contributed by atoms with Crippen LogP contribution < -0.4 is 9.62 Å². The zero-order chi connectivity index (χ0) is 33.3. The minimum absolute atomic E-state index is 0.0737. The number of nitrogens with zero attached hydrogens (tertiary/aromatic N) is 2. The molecule has 4 aromatic rings. The average molecular weight is 705 g/mol. The van der Waals surface area contributed by atoms with Crippen molar-refractivity contribution in [3.8, 4) is 0 Å². The van der Waals surface area contributed by atoms with Crippen molar-refractivity contribution in [3.05, 3.63) is 130 Å². The largest absolute Gasteiger partial charge is 0.352 e. The maximum absolute atomic E-state index is 14.6. The van der Waals surface area contributed by atoms with Crippen LogP contribution in [0.15, 0.2) is 119 Å². The molecule has 2 atom stereocenters. The van der Waals surface area contributed by atoms with E-state index in [0.717, 1.165) is 31.9 Å². The molecule has 0 aliphatic carbocycles. The number of hydrogen-bond acceptors (Lipinski definition) is 4. The number of nitrogens with one attached hydrogen (secondary N) is 1. The summed E-state index contributed by atoms with van der Waals surface area (Å²) in [7, 11) is -4.15. The highest BCUT2D eigenvalue weighted by molar-refractivity contribution is 9.10. The SMILES string of the molecule is CCC(C)NC(=O)C(Cc1ccccc1)N(Cc1cccc(Br)c1)C(=O)CN(c1ccc(C(C)C)cc1)S(=O)(=O)c1ccccc1. The molecule has 7 nitrogen and oxygen atoms in total. The summed E-state index contributed by atoms with van der Waals surface area (Å²) in [5.41, 5.74) is 3.11. The molecule has 4 rings (SSSR count). The number of carbonyl (C=O) groups excluding carboxylic acids is 2. The van der Waals surface area contributed by atoms with Gasteiger partial charge < -0.3 is 10.2 Å². The van der Waals surface area contributed by atoms with E-state index in [9.17, 15) is 18.0 Å². The molecule has 0 radical (unpaired) electrons. The summed E-state index contributed by atoms with van der Waals surface area (Å²) in [6.07, 6.45) is 0.982. The molecule has 0 heterocycles. The van der Waals surface area contributed by atoms with Crippen molar-refractivity contribution in [2.24, 2.45) is 0 Å². The molecule has 0 saturated heterocycles. The normalized spacial score (nSPS) is 12.7. The van der Waals surface area contributed by atoms with Crippen LogP contribution in [0.4, 0.5) is 5.69 Å². The first-order chi connectivity index (χ1) is 22.0. The fraction of sp³-hybridized carbons (Fsp3) is 0.297. The maximum atomic E-state index is 14.6. The molecule has 0 fully saturated rings. The first-order valence-electron chi connectivity index (χ1n) is 15.6. The van der Waals surface area contributed by atoms with Crippen LogP contribution in [-0.2, 0) is 32.6 Å². The van der Waals surface area contributed by atoms with Gasteiger partial charge in [0.15, 0.2) is 0 Å². The molecule has 0 bridgehead atoms. The summed E-state index contributed by atoms with van der Waals surface area (Å²) < 4.78 is 30.3. The average Bonchev–Trinajstić information content (AvgIpc) is 3.05. The third kappa shape index (κ3) is 9.07. The van der Waals surface area contributed by atoms with E-state index in [4.69, 9.17) is 0 Å². The molecular formula is C37H42BrN3O4S. The zero-order valence-electron chi connectivity index (χ0n) is 26.8. The highest BCUT2D eigenvalue weighted by atomic mass is 79.9. The van der Waals surface area contributed by atoms with Crippen molar-refractivity contribution in [1.29, 1.82) is 0 Å². The molecule has 0 aliphatic heterocycles. The van der Waals surface area contributed by atoms with E-state index in [-0.39, 0.29) is 35.7 Å². The highest BCUT2D eigenvalue weighted by Crippen LogP contribution is 2.27. The van der Waals surface area contributed by atoms with Crippen LogP contribution in [-0.4, -0.2) is 43.8 Å². The molecule has 0 saturated carbocycles. The lowest BCUT2D eigenvalue weighted by Gasteiger charge is -2.34. The van der Waals surface area contributed by atoms with Crippen LogP contribution in [0, 0.1) is 0 Å². The van der Waals surface area contributed by atoms with Crippen LogP contribution in [0.5, 0.6) is 0 Å². The number of amides is 2. The minimum Gasteiger partial charge on any atom is -0.352 e. The van der Waals surface area contributed by atoms with E-state index in [1.165, 1.54) is 17.0 Å². The summed E-state index contributed by atoms with van der Waals surface area (Å²) in [4.78, 5) is 30.1. The van der Waals surface area contributed by atoms with Crippen LogP contribution >= 0.6 is 15.9 Å². The molecule has 2 amide bonds. The smallest absolute Gasteiger partial charge is 0.264 e. The Bertz CT molecular complexity index is 1700. The fourth-order valence-corrected chi connectivity index (χ4v) is 6.98. The molecule has 242 valence electrons. The predicted octanol–water partition coefficient (Wildman–Crippen LogP) is 7.32. The lowest BCUT2D eigenvalue weighted by Crippen LogP contribution is -2.54. The second-order valence-corrected chi connectivity index (χ2v) is 14.5. The molecular weight excluding hydrogens is 662 g/mol. The summed E-state index contributed by atoms with van der Waals surface area (Å²) in [6.45, 7) is 7.65. The summed E-state index contributed by atoms with van der Waals surface area (Å²) in [6, 6.07) is 31.4. The molecule has 1 N–H and O–H groups in total. The van der Waals surface area contributed by atoms with Crippen molar-refractivity contribution in [3.63, 3.8) is 0 Å². The molecule has 46 heavy (non-hydrogen) atoms. The van der Waals surface area contributed by atoms with Crippen molar-refractivity contribution < 1.29 is 18.0 Å². The number of carbonyl (C=O) groups is 2. The van der Waals surface area contributed by atoms with Crippen LogP contribution in [0.1, 0.15) is 56.7 Å². The van der Waals surface area contributed by atoms with Gasteiger partial charge in [-0.2, -0.15) is 0 Å². The molecule has 2 unspecified atom stereocenters. The third-order valence-electron chi connectivity index (χ3n) is 7.97. The number of rotatable bonds is 14. The molecule has 0 aromatic heterocycles. The van der Waals surface area contributed by atoms with Crippen molar-refractivity contribution in [1.82, 2.24) is 10.2 Å². The predicted molar refractivity (Wildman–Crippen MR) is 188 cm³/mol. The molecule has 4 aromatic carbocycles. The molecule has 9 heteroatoms. The Balaban J connectivity index is 1.81. The second-order valence-electron chi connectivity index (χ2n) is 11.7. The third-order valence-corrected chi connectivity index (χ3v) is 10.3. The van der Waals surface area contributed by atoms with Gasteiger partial charge in [-0.05, 0) is 72.4 Å². The van der Waals surface area contributed by atoms with E-state index in [2.05, 4.69) is 35.1 Å². The minimum atomic E-state index is -4.15. The summed E-state index contributed by atoms with van der Waals surface area (Å²) in [5.74, 6) is -0.536. The molecule has 0 spiro atoms. The summed E-state index contributed by atoms with van der Waals surface area (Å²) >= 11 is 3.52. The van der Waals surface area contributed by atoms with E-state index < -0.39 is 28.5 Å². The van der Waals surface area contributed by atoms with E-state index in [1.54, 1.807) is 30.3 Å². The summed E-state index contributed by atoms with van der Waals surface area (Å²) in [5, 5.41) is 3.07. The first kappa shape index (κ1) is 34.9. The number of halogens is 1. The van der Waals surface area contributed by atoms with Crippen LogP contribution in [0.2, 0.25) is 0 Å². The number of hydrogen-bond donors (Lipinski definition) is 1. The fourth-order valence-electron chi connectivity index (χ4n) is 5.10. The van der Waals surface area contributed by atoms with Gasteiger partial charge in [-0.25, -0.2) is 8.42 Å². The quantitative estimate of drug-likeness (QED) is 0.149. The van der Waals surface area contributed by atoms with E-state index >= 15 is 0 Å². The Labute approximate surface area is 281 Å². The van der Waals surface area contributed by atoms with Gasteiger partial charge in [-0.1, -0.05) is 109 Å². The Morgan fingerprint density at radius 2 is 1.41 bits per heavy atom. The van der Waals surface area contributed by atoms with Crippen molar-refractivity contribution in [2.75, 3.05) is 10.8 Å². The first-order valence-corrected chi connectivity index (χ1v) is 17.8. The van der Waals surface area contributed by atoms with Gasteiger partial charge >= 0.3 is 0 Å². The topological polar surface area (TPSA) is 86.8 Å². The van der Waals surface area contributed by atoms with Crippen molar-refractivity contribution in [2.45, 2.75) is 70.0 Å². The zero-order valence-corrected chi connectivity index (χ0v) is 29.2. The van der Waals surface area contributed by atoms with Gasteiger partial charge in [0.1, 0.15) is 12.6 Å². The van der Waals surface area contributed by atoms with Gasteiger partial charge in [-0.15, -0.1) is 0 Å². The van der Waals surface area contributed by atoms with Gasteiger partial charge in [-0.3, -0.25) is 13.9 Å². The molecule has 0 aliphatic rings. The maximum Gasteiger partial charge on any atom is 0.264 e. The van der Waals surface area contributed by atoms with E-state index in [0.29, 0.717) is 5.69 Å². The standard InChI is InChI=1S/C37H42BrN3O4S/c1-5-28(4)39-37(43)35(24-29-13-8-6-9-14-29)40(25-30-15-12-16-32(38)23-30)36(42)26-41(33-21-19-31(20-22-33)27(2)3)46(44,45)34-17-10-7-11-18-34/h6-23,27-28,35H,5,24-26H2,1-4H3,(H,39,43). The van der Waals surface area contributed by atoms with Gasteiger partial charge in [0.05, 0.1) is 10.6 Å². The van der Waals surface area contributed by atoms with Gasteiger partial charge in [0.25, 0.3) is 10.0 Å². The van der Waals surface area contributed by atoms with E-state index in [1.807, 2.05) is 80.6 Å². The highest BCUT2D eigenvalue weighted by Gasteiger charge is 2.35.